The predicted octanol–water partition coefficient (Wildman–Crippen LogP) is 4.07. The number of nitrogens with one attached hydrogen (secondary N) is 1. The van der Waals surface area contributed by atoms with E-state index in [1.54, 1.807) is 16.4 Å². The first-order valence-electron chi connectivity index (χ1n) is 13.0. The Morgan fingerprint density at radius 2 is 1.65 bits per heavy atom. The van der Waals surface area contributed by atoms with Gasteiger partial charge in [-0.3, -0.25) is 4.79 Å². The highest BCUT2D eigenvalue weighted by molar-refractivity contribution is 7.89. The number of carbonyl (C=O) groups excluding carboxylic acids is 1. The van der Waals surface area contributed by atoms with Crippen LogP contribution in [0, 0.1) is 5.92 Å². The molecule has 184 valence electrons. The summed E-state index contributed by atoms with van der Waals surface area (Å²) in [4.78, 5) is 20.4. The van der Waals surface area contributed by atoms with E-state index in [1.807, 2.05) is 18.2 Å². The minimum atomic E-state index is -3.44. The van der Waals surface area contributed by atoms with Crippen LogP contribution in [0.1, 0.15) is 64.2 Å². The number of nitrogens with zero attached hydrogens (tertiary/aromatic N) is 3. The normalized spacial score (nSPS) is 23.2. The third-order valence-electron chi connectivity index (χ3n) is 7.67. The standard InChI is InChI=1S/C26H36N4O3S/c31-26(27-22-9-3-1-2-4-10-22)21-8-7-15-29(19-21)25-14-11-20-18-23(12-13-24(20)28-25)34(32,33)30-16-5-6-17-30/h11-14,18,21-22H,1-10,15-17,19H2,(H,27,31). The molecule has 3 fully saturated rings. The van der Waals surface area contributed by atoms with Crippen molar-refractivity contribution in [2.45, 2.75) is 75.1 Å². The van der Waals surface area contributed by atoms with Gasteiger partial charge in [0.15, 0.2) is 0 Å². The van der Waals surface area contributed by atoms with Crippen molar-refractivity contribution >= 4 is 32.7 Å². The molecule has 1 aromatic carbocycles. The molecule has 2 aromatic rings. The number of hydrogen-bond acceptors (Lipinski definition) is 5. The van der Waals surface area contributed by atoms with Crippen LogP contribution >= 0.6 is 0 Å². The van der Waals surface area contributed by atoms with Crippen molar-refractivity contribution in [3.8, 4) is 0 Å². The number of pyridine rings is 1. The molecule has 3 heterocycles. The van der Waals surface area contributed by atoms with Gasteiger partial charge >= 0.3 is 0 Å². The van der Waals surface area contributed by atoms with Gasteiger partial charge in [0, 0.05) is 37.6 Å². The third kappa shape index (κ3) is 5.08. The van der Waals surface area contributed by atoms with Gasteiger partial charge in [0.25, 0.3) is 0 Å². The number of fused-ring (bicyclic) bond motifs is 1. The molecule has 0 bridgehead atoms. The van der Waals surface area contributed by atoms with Crippen LogP contribution < -0.4 is 10.2 Å². The number of hydrogen-bond donors (Lipinski definition) is 1. The van der Waals surface area contributed by atoms with Crippen LogP contribution in [0.15, 0.2) is 35.2 Å². The maximum Gasteiger partial charge on any atom is 0.243 e. The van der Waals surface area contributed by atoms with Gasteiger partial charge in [-0.15, -0.1) is 0 Å². The number of rotatable bonds is 5. The molecule has 1 aliphatic carbocycles. The molecule has 1 N–H and O–H groups in total. The molecule has 2 saturated heterocycles. The molecule has 34 heavy (non-hydrogen) atoms. The van der Waals surface area contributed by atoms with Crippen molar-refractivity contribution in [3.63, 3.8) is 0 Å². The molecule has 1 aromatic heterocycles. The monoisotopic (exact) mass is 484 g/mol. The lowest BCUT2D eigenvalue weighted by Gasteiger charge is -2.33. The Balaban J connectivity index is 1.28. The number of anilines is 1. The highest BCUT2D eigenvalue weighted by Crippen LogP contribution is 2.28. The zero-order valence-electron chi connectivity index (χ0n) is 19.9. The molecule has 1 unspecified atom stereocenters. The van der Waals surface area contributed by atoms with Gasteiger partial charge in [0.05, 0.1) is 16.3 Å². The van der Waals surface area contributed by atoms with Gasteiger partial charge in [0.2, 0.25) is 15.9 Å². The summed E-state index contributed by atoms with van der Waals surface area (Å²) < 4.78 is 27.4. The lowest BCUT2D eigenvalue weighted by Crippen LogP contribution is -2.46. The quantitative estimate of drug-likeness (QED) is 0.647. The van der Waals surface area contributed by atoms with E-state index in [0.717, 1.165) is 61.8 Å². The predicted molar refractivity (Wildman–Crippen MR) is 134 cm³/mol. The second-order valence-corrected chi connectivity index (χ2v) is 12.1. The molecular weight excluding hydrogens is 448 g/mol. The van der Waals surface area contributed by atoms with E-state index in [1.165, 1.54) is 25.7 Å². The van der Waals surface area contributed by atoms with E-state index in [9.17, 15) is 13.2 Å². The fourth-order valence-corrected chi connectivity index (χ4v) is 7.20. The SMILES string of the molecule is O=C(NC1CCCCCC1)C1CCCN(c2ccc3cc(S(=O)(=O)N4CCCC4)ccc3n2)C1. The second kappa shape index (κ2) is 10.2. The number of amides is 1. The van der Waals surface area contributed by atoms with Gasteiger partial charge < -0.3 is 10.2 Å². The summed E-state index contributed by atoms with van der Waals surface area (Å²) in [6, 6.07) is 9.46. The molecule has 5 rings (SSSR count). The van der Waals surface area contributed by atoms with E-state index in [-0.39, 0.29) is 11.8 Å². The fourth-order valence-electron chi connectivity index (χ4n) is 5.65. The van der Waals surface area contributed by atoms with E-state index >= 15 is 0 Å². The average molecular weight is 485 g/mol. The van der Waals surface area contributed by atoms with Crippen LogP contribution in [0.25, 0.3) is 10.9 Å². The van der Waals surface area contributed by atoms with Gasteiger partial charge in [-0.2, -0.15) is 4.31 Å². The molecule has 3 aliphatic rings. The van der Waals surface area contributed by atoms with Crippen molar-refractivity contribution in [2.24, 2.45) is 5.92 Å². The van der Waals surface area contributed by atoms with E-state index in [4.69, 9.17) is 4.98 Å². The van der Waals surface area contributed by atoms with Gasteiger partial charge in [0.1, 0.15) is 5.82 Å². The highest BCUT2D eigenvalue weighted by Gasteiger charge is 2.29. The molecule has 1 amide bonds. The fraction of sp³-hybridized carbons (Fsp3) is 0.615. The largest absolute Gasteiger partial charge is 0.356 e. The van der Waals surface area contributed by atoms with Gasteiger partial charge in [-0.1, -0.05) is 25.7 Å². The van der Waals surface area contributed by atoms with Crippen LogP contribution in [0.5, 0.6) is 0 Å². The van der Waals surface area contributed by atoms with E-state index < -0.39 is 10.0 Å². The molecule has 2 aliphatic heterocycles. The lowest BCUT2D eigenvalue weighted by molar-refractivity contribution is -0.126. The molecule has 0 radical (unpaired) electrons. The smallest absolute Gasteiger partial charge is 0.243 e. The number of piperidine rings is 1. The van der Waals surface area contributed by atoms with E-state index in [0.29, 0.717) is 30.6 Å². The van der Waals surface area contributed by atoms with Crippen LogP contribution in [-0.2, 0) is 14.8 Å². The first-order chi connectivity index (χ1) is 16.5. The van der Waals surface area contributed by atoms with Crippen molar-refractivity contribution < 1.29 is 13.2 Å². The Labute approximate surface area is 203 Å². The van der Waals surface area contributed by atoms with Crippen LogP contribution in [0.2, 0.25) is 0 Å². The summed E-state index contributed by atoms with van der Waals surface area (Å²) in [5.74, 6) is 1.03. The minimum Gasteiger partial charge on any atom is -0.356 e. The number of benzene rings is 1. The Kier molecular flexibility index (Phi) is 7.06. The molecule has 7 nitrogen and oxygen atoms in total. The third-order valence-corrected chi connectivity index (χ3v) is 9.56. The van der Waals surface area contributed by atoms with Crippen molar-refractivity contribution in [3.05, 3.63) is 30.3 Å². The Morgan fingerprint density at radius 3 is 2.41 bits per heavy atom. The zero-order chi connectivity index (χ0) is 23.5. The molecule has 8 heteroatoms. The first kappa shape index (κ1) is 23.5. The summed E-state index contributed by atoms with van der Waals surface area (Å²) in [7, 11) is -3.44. The van der Waals surface area contributed by atoms with Crippen LogP contribution in [0.4, 0.5) is 5.82 Å². The molecule has 0 spiro atoms. The molecule has 1 atom stereocenters. The second-order valence-electron chi connectivity index (χ2n) is 10.1. The van der Waals surface area contributed by atoms with Gasteiger partial charge in [-0.25, -0.2) is 13.4 Å². The van der Waals surface area contributed by atoms with Gasteiger partial charge in [-0.05, 0) is 68.9 Å². The summed E-state index contributed by atoms with van der Waals surface area (Å²) in [6.45, 7) is 2.76. The Morgan fingerprint density at radius 1 is 0.882 bits per heavy atom. The highest BCUT2D eigenvalue weighted by atomic mass is 32.2. The lowest BCUT2D eigenvalue weighted by atomic mass is 9.96. The summed E-state index contributed by atoms with van der Waals surface area (Å²) >= 11 is 0. The van der Waals surface area contributed by atoms with Crippen molar-refractivity contribution in [2.75, 3.05) is 31.1 Å². The molecule has 1 saturated carbocycles. The number of sulfonamides is 1. The Bertz CT molecular complexity index is 1120. The Hall–Kier alpha value is -2.19. The average Bonchev–Trinajstić information content (AvgIpc) is 3.30. The maximum atomic E-state index is 13.0. The van der Waals surface area contributed by atoms with Crippen molar-refractivity contribution in [1.82, 2.24) is 14.6 Å². The maximum absolute atomic E-state index is 13.0. The van der Waals surface area contributed by atoms with Crippen LogP contribution in [0.3, 0.4) is 0 Å². The summed E-state index contributed by atoms with van der Waals surface area (Å²) in [5, 5.41) is 4.15. The number of aromatic nitrogens is 1. The first-order valence-corrected chi connectivity index (χ1v) is 14.4. The van der Waals surface area contributed by atoms with Crippen LogP contribution in [-0.4, -0.2) is 55.8 Å². The minimum absolute atomic E-state index is 0.0116. The van der Waals surface area contributed by atoms with E-state index in [2.05, 4.69) is 10.2 Å². The topological polar surface area (TPSA) is 82.6 Å². The zero-order valence-corrected chi connectivity index (χ0v) is 20.7. The summed E-state index contributed by atoms with van der Waals surface area (Å²) in [5.41, 5.74) is 0.780. The van der Waals surface area contributed by atoms with Crippen molar-refractivity contribution in [1.29, 1.82) is 0 Å². The molecular formula is C26H36N4O3S. The number of carbonyl (C=O) groups is 1. The summed E-state index contributed by atoms with van der Waals surface area (Å²) in [6.07, 6.45) is 10.9.